The van der Waals surface area contributed by atoms with E-state index in [9.17, 15) is 19.5 Å². The molecule has 188 valence electrons. The zero-order chi connectivity index (χ0) is 25.5. The molecule has 4 rings (SSSR count). The number of aliphatic hydroxyl groups is 1. The van der Waals surface area contributed by atoms with Crippen molar-refractivity contribution in [2.24, 2.45) is 0 Å². The van der Waals surface area contributed by atoms with E-state index < -0.39 is 11.8 Å². The van der Waals surface area contributed by atoms with Crippen molar-refractivity contribution in [2.75, 3.05) is 31.5 Å². The lowest BCUT2D eigenvalue weighted by atomic mass is 10.0. The number of halogens is 1. The van der Waals surface area contributed by atoms with Crippen LogP contribution in [0.2, 0.25) is 5.02 Å². The summed E-state index contributed by atoms with van der Waals surface area (Å²) < 4.78 is 0. The third-order valence-electron chi connectivity index (χ3n) is 6.10. The largest absolute Gasteiger partial charge is 0.393 e. The van der Waals surface area contributed by atoms with Crippen LogP contribution >= 0.6 is 11.6 Å². The van der Waals surface area contributed by atoms with E-state index >= 15 is 0 Å². The number of ketones is 1. The minimum atomic E-state index is -0.522. The first kappa shape index (κ1) is 25.6. The van der Waals surface area contributed by atoms with E-state index in [1.807, 2.05) is 0 Å². The van der Waals surface area contributed by atoms with Crippen LogP contribution in [0.1, 0.15) is 49.7 Å². The molecular formula is C26H28ClN5O4. The molecule has 2 amide bonds. The van der Waals surface area contributed by atoms with E-state index in [2.05, 4.69) is 25.5 Å². The molecule has 36 heavy (non-hydrogen) atoms. The SMILES string of the molecule is O=C(Cc1ccc(NC(=O)c2nc[nH]c2C(=O)NCCN2CCC(O)CC2)cc1)c1ccccc1Cl. The number of nitrogens with zero attached hydrogens (tertiary/aromatic N) is 2. The number of likely N-dealkylation sites (tertiary alicyclic amines) is 1. The Balaban J connectivity index is 1.30. The number of piperidine rings is 1. The highest BCUT2D eigenvalue weighted by atomic mass is 35.5. The van der Waals surface area contributed by atoms with Gasteiger partial charge in [0.1, 0.15) is 5.69 Å². The third-order valence-corrected chi connectivity index (χ3v) is 6.43. The van der Waals surface area contributed by atoms with Crippen molar-refractivity contribution in [3.05, 3.63) is 82.4 Å². The molecule has 0 saturated carbocycles. The number of aliphatic hydroxyl groups excluding tert-OH is 1. The van der Waals surface area contributed by atoms with Gasteiger partial charge in [0.05, 0.1) is 17.5 Å². The molecule has 2 heterocycles. The lowest BCUT2D eigenvalue weighted by Gasteiger charge is -2.29. The summed E-state index contributed by atoms with van der Waals surface area (Å²) in [6.07, 6.45) is 2.71. The highest BCUT2D eigenvalue weighted by molar-refractivity contribution is 6.34. The molecule has 10 heteroatoms. The Morgan fingerprint density at radius 3 is 2.50 bits per heavy atom. The van der Waals surface area contributed by atoms with Crippen LogP contribution in [0.3, 0.4) is 0 Å². The van der Waals surface area contributed by atoms with Crippen LogP contribution in [0.4, 0.5) is 5.69 Å². The predicted molar refractivity (Wildman–Crippen MR) is 136 cm³/mol. The molecule has 0 aliphatic carbocycles. The van der Waals surface area contributed by atoms with Crippen LogP contribution in [0, 0.1) is 0 Å². The van der Waals surface area contributed by atoms with E-state index in [1.54, 1.807) is 48.5 Å². The van der Waals surface area contributed by atoms with Gasteiger partial charge in [0.15, 0.2) is 11.5 Å². The van der Waals surface area contributed by atoms with Crippen molar-refractivity contribution >= 4 is 34.9 Å². The number of aromatic nitrogens is 2. The van der Waals surface area contributed by atoms with Gasteiger partial charge in [0, 0.05) is 43.9 Å². The second-order valence-electron chi connectivity index (χ2n) is 8.69. The van der Waals surface area contributed by atoms with E-state index in [1.165, 1.54) is 6.33 Å². The fraction of sp³-hybridized carbons (Fsp3) is 0.308. The van der Waals surface area contributed by atoms with Crippen LogP contribution < -0.4 is 10.6 Å². The summed E-state index contributed by atoms with van der Waals surface area (Å²) in [5, 5.41) is 15.5. The average molecular weight is 510 g/mol. The molecule has 0 unspecified atom stereocenters. The minimum absolute atomic E-state index is 0.00781. The number of H-pyrrole nitrogens is 1. The number of carbonyl (C=O) groups excluding carboxylic acids is 3. The first-order valence-electron chi connectivity index (χ1n) is 11.8. The highest BCUT2D eigenvalue weighted by Crippen LogP contribution is 2.19. The number of rotatable bonds is 9. The molecule has 1 fully saturated rings. The topological polar surface area (TPSA) is 127 Å². The van der Waals surface area contributed by atoms with Crippen molar-refractivity contribution < 1.29 is 19.5 Å². The molecule has 1 aliphatic heterocycles. The number of benzene rings is 2. The van der Waals surface area contributed by atoms with E-state index in [-0.39, 0.29) is 29.7 Å². The maximum atomic E-state index is 12.8. The van der Waals surface area contributed by atoms with Crippen molar-refractivity contribution in [1.29, 1.82) is 0 Å². The number of hydrogen-bond donors (Lipinski definition) is 4. The van der Waals surface area contributed by atoms with Crippen LogP contribution in [-0.2, 0) is 6.42 Å². The van der Waals surface area contributed by atoms with E-state index in [0.29, 0.717) is 29.4 Å². The van der Waals surface area contributed by atoms with Gasteiger partial charge in [-0.25, -0.2) is 4.98 Å². The molecule has 2 aromatic carbocycles. The van der Waals surface area contributed by atoms with Gasteiger partial charge < -0.3 is 25.6 Å². The summed E-state index contributed by atoms with van der Waals surface area (Å²) in [4.78, 5) is 46.8. The van der Waals surface area contributed by atoms with Crippen molar-refractivity contribution in [1.82, 2.24) is 20.2 Å². The van der Waals surface area contributed by atoms with Gasteiger partial charge in [0.2, 0.25) is 0 Å². The average Bonchev–Trinajstić information content (AvgIpc) is 3.37. The first-order chi connectivity index (χ1) is 17.4. The standard InChI is InChI=1S/C26H28ClN5O4/c27-21-4-2-1-3-20(21)22(34)15-17-5-7-18(8-6-17)31-26(36)24-23(29-16-30-24)25(35)28-11-14-32-12-9-19(33)10-13-32/h1-8,16,19,33H,9-15H2,(H,28,35)(H,29,30)(H,31,36). The van der Waals surface area contributed by atoms with Crippen molar-refractivity contribution in [3.63, 3.8) is 0 Å². The fourth-order valence-corrected chi connectivity index (χ4v) is 4.30. The Hall–Kier alpha value is -3.53. The van der Waals surface area contributed by atoms with E-state index in [0.717, 1.165) is 31.5 Å². The molecule has 4 N–H and O–H groups in total. The normalized spacial score (nSPS) is 14.4. The molecule has 0 atom stereocenters. The number of hydrogen-bond acceptors (Lipinski definition) is 6. The van der Waals surface area contributed by atoms with Gasteiger partial charge in [-0.05, 0) is 42.7 Å². The quantitative estimate of drug-likeness (QED) is 0.328. The summed E-state index contributed by atoms with van der Waals surface area (Å²) in [5.41, 5.74) is 1.84. The van der Waals surface area contributed by atoms with Crippen LogP contribution in [0.5, 0.6) is 0 Å². The molecule has 9 nitrogen and oxygen atoms in total. The molecule has 1 aromatic heterocycles. The lowest BCUT2D eigenvalue weighted by Crippen LogP contribution is -2.41. The van der Waals surface area contributed by atoms with Gasteiger partial charge in [-0.3, -0.25) is 14.4 Å². The number of amides is 2. The number of carbonyl (C=O) groups is 3. The Kier molecular flexibility index (Phi) is 8.48. The summed E-state index contributed by atoms with van der Waals surface area (Å²) in [5.74, 6) is -1.03. The lowest BCUT2D eigenvalue weighted by molar-refractivity contribution is 0.0803. The third kappa shape index (κ3) is 6.57. The van der Waals surface area contributed by atoms with Crippen molar-refractivity contribution in [3.8, 4) is 0 Å². The predicted octanol–water partition coefficient (Wildman–Crippen LogP) is 2.93. The van der Waals surface area contributed by atoms with Gasteiger partial charge >= 0.3 is 0 Å². The Morgan fingerprint density at radius 1 is 1.06 bits per heavy atom. The zero-order valence-corrected chi connectivity index (χ0v) is 20.4. The molecule has 0 radical (unpaired) electrons. The molecule has 0 spiro atoms. The monoisotopic (exact) mass is 509 g/mol. The van der Waals surface area contributed by atoms with Crippen LogP contribution in [0.15, 0.2) is 54.9 Å². The number of aromatic amines is 1. The first-order valence-corrected chi connectivity index (χ1v) is 12.2. The Morgan fingerprint density at radius 2 is 1.78 bits per heavy atom. The summed E-state index contributed by atoms with van der Waals surface area (Å²) in [7, 11) is 0. The number of imidazole rings is 1. The molecule has 0 bridgehead atoms. The second-order valence-corrected chi connectivity index (χ2v) is 9.09. The highest BCUT2D eigenvalue weighted by Gasteiger charge is 2.21. The van der Waals surface area contributed by atoms with Crippen LogP contribution in [0.25, 0.3) is 0 Å². The summed E-state index contributed by atoms with van der Waals surface area (Å²) in [6, 6.07) is 13.8. The van der Waals surface area contributed by atoms with Gasteiger partial charge in [-0.15, -0.1) is 0 Å². The Labute approximate surface area is 213 Å². The van der Waals surface area contributed by atoms with Crippen LogP contribution in [-0.4, -0.2) is 69.9 Å². The number of anilines is 1. The Bertz CT molecular complexity index is 1220. The molecule has 1 aliphatic rings. The second kappa shape index (κ2) is 11.9. The minimum Gasteiger partial charge on any atom is -0.393 e. The summed E-state index contributed by atoms with van der Waals surface area (Å²) in [6.45, 7) is 2.67. The number of Topliss-reactive ketones (excluding diaryl/α,β-unsaturated/α-hetero) is 1. The molecule has 1 saturated heterocycles. The van der Waals surface area contributed by atoms with Gasteiger partial charge in [0.25, 0.3) is 11.8 Å². The number of nitrogens with one attached hydrogen (secondary N) is 3. The maximum Gasteiger partial charge on any atom is 0.276 e. The molecule has 3 aromatic rings. The molecular weight excluding hydrogens is 482 g/mol. The van der Waals surface area contributed by atoms with Gasteiger partial charge in [-0.2, -0.15) is 0 Å². The van der Waals surface area contributed by atoms with E-state index in [4.69, 9.17) is 11.6 Å². The fourth-order valence-electron chi connectivity index (χ4n) is 4.06. The smallest absolute Gasteiger partial charge is 0.276 e. The van der Waals surface area contributed by atoms with Gasteiger partial charge in [-0.1, -0.05) is 35.9 Å². The summed E-state index contributed by atoms with van der Waals surface area (Å²) >= 11 is 6.10. The van der Waals surface area contributed by atoms with Crippen molar-refractivity contribution in [2.45, 2.75) is 25.4 Å². The maximum absolute atomic E-state index is 12.8. The zero-order valence-electron chi connectivity index (χ0n) is 19.7.